The number of rotatable bonds is 11. The van der Waals surface area contributed by atoms with Gasteiger partial charge in [0.25, 0.3) is 0 Å². The third kappa shape index (κ3) is 11.2. The third-order valence-electron chi connectivity index (χ3n) is 4.00. The van der Waals surface area contributed by atoms with Crippen molar-refractivity contribution in [1.29, 1.82) is 0 Å². The van der Waals surface area contributed by atoms with Crippen molar-refractivity contribution < 1.29 is 61.4 Å². The van der Waals surface area contributed by atoms with Gasteiger partial charge >= 0.3 is 23.5 Å². The highest BCUT2D eigenvalue weighted by Gasteiger charge is 2.24. The van der Waals surface area contributed by atoms with Gasteiger partial charge in [-0.05, 0) is 60.4 Å². The third-order valence-corrected chi connectivity index (χ3v) is 5.30. The molecule has 192 valence electrons. The SMILES string of the molecule is Cc1cc(/C=C/C(=O)NCCc2ccc(OP(=O)(O)O)c(OP(=O)(O)O)c2)ccc1OP(=O)(O)O. The Hall–Kier alpha value is -2.50. The van der Waals surface area contributed by atoms with Crippen LogP contribution in [0.1, 0.15) is 16.7 Å². The fourth-order valence-corrected chi connectivity index (χ4v) is 3.95. The van der Waals surface area contributed by atoms with E-state index in [0.29, 0.717) is 16.7 Å². The molecular weight excluding hydrogens is 531 g/mol. The van der Waals surface area contributed by atoms with Crippen molar-refractivity contribution in [2.24, 2.45) is 0 Å². The lowest BCUT2D eigenvalue weighted by molar-refractivity contribution is -0.116. The lowest BCUT2D eigenvalue weighted by atomic mass is 10.1. The number of hydrogen-bond donors (Lipinski definition) is 7. The zero-order chi connectivity index (χ0) is 26.4. The molecule has 0 aromatic heterocycles. The molecule has 0 saturated carbocycles. The predicted molar refractivity (Wildman–Crippen MR) is 121 cm³/mol. The molecule has 0 saturated heterocycles. The number of nitrogens with one attached hydrogen (secondary N) is 1. The molecule has 0 bridgehead atoms. The molecule has 0 unspecified atom stereocenters. The van der Waals surface area contributed by atoms with E-state index in [4.69, 9.17) is 29.4 Å². The summed E-state index contributed by atoms with van der Waals surface area (Å²) >= 11 is 0. The van der Waals surface area contributed by atoms with Crippen LogP contribution in [0.3, 0.4) is 0 Å². The molecule has 35 heavy (non-hydrogen) atoms. The smallest absolute Gasteiger partial charge is 0.404 e. The van der Waals surface area contributed by atoms with Crippen molar-refractivity contribution in [2.45, 2.75) is 13.3 Å². The average Bonchev–Trinajstić information content (AvgIpc) is 2.67. The fourth-order valence-electron chi connectivity index (χ4n) is 2.68. The topological polar surface area (TPSA) is 229 Å². The van der Waals surface area contributed by atoms with Crippen molar-refractivity contribution in [3.05, 3.63) is 59.2 Å². The summed E-state index contributed by atoms with van der Waals surface area (Å²) in [7, 11) is -14.8. The quantitative estimate of drug-likeness (QED) is 0.156. The summed E-state index contributed by atoms with van der Waals surface area (Å²) in [6.45, 7) is 1.66. The second kappa shape index (κ2) is 11.5. The highest BCUT2D eigenvalue weighted by molar-refractivity contribution is 7.47. The molecule has 0 heterocycles. The van der Waals surface area contributed by atoms with E-state index in [1.807, 2.05) is 0 Å². The van der Waals surface area contributed by atoms with Crippen LogP contribution in [0.15, 0.2) is 42.5 Å². The zero-order valence-electron chi connectivity index (χ0n) is 17.9. The van der Waals surface area contributed by atoms with Crippen molar-refractivity contribution in [2.75, 3.05) is 6.54 Å². The predicted octanol–water partition coefficient (Wildman–Crippen LogP) is 1.78. The normalized spacial score (nSPS) is 12.4. The Balaban J connectivity index is 1.99. The number of hydrogen-bond acceptors (Lipinski definition) is 7. The molecule has 0 fully saturated rings. The van der Waals surface area contributed by atoms with E-state index in [0.717, 1.165) is 12.1 Å². The number of amides is 1. The maximum absolute atomic E-state index is 12.1. The van der Waals surface area contributed by atoms with E-state index in [1.54, 1.807) is 13.0 Å². The fraction of sp³-hybridized carbons (Fsp3) is 0.167. The molecule has 1 amide bonds. The van der Waals surface area contributed by atoms with Crippen LogP contribution in [-0.4, -0.2) is 41.8 Å². The van der Waals surface area contributed by atoms with E-state index in [-0.39, 0.29) is 18.7 Å². The van der Waals surface area contributed by atoms with Gasteiger partial charge in [0, 0.05) is 12.6 Å². The molecule has 0 aliphatic carbocycles. The molecule has 2 aromatic carbocycles. The Kier molecular flexibility index (Phi) is 9.43. The molecule has 2 rings (SSSR count). The summed E-state index contributed by atoms with van der Waals surface area (Å²) in [4.78, 5) is 65.6. The van der Waals surface area contributed by atoms with Crippen LogP contribution >= 0.6 is 23.5 Å². The molecule has 7 N–H and O–H groups in total. The van der Waals surface area contributed by atoms with Gasteiger partial charge < -0.3 is 18.9 Å². The number of phosphoric acid groups is 3. The van der Waals surface area contributed by atoms with Crippen molar-refractivity contribution in [3.8, 4) is 17.2 Å². The van der Waals surface area contributed by atoms with Gasteiger partial charge in [0.15, 0.2) is 11.5 Å². The monoisotopic (exact) mass is 553 g/mol. The maximum atomic E-state index is 12.1. The first-order valence-corrected chi connectivity index (χ1v) is 14.0. The Morgan fingerprint density at radius 2 is 1.37 bits per heavy atom. The Labute approximate surface area is 198 Å². The maximum Gasteiger partial charge on any atom is 0.524 e. The molecule has 0 atom stereocenters. The van der Waals surface area contributed by atoms with E-state index in [1.165, 1.54) is 30.4 Å². The van der Waals surface area contributed by atoms with Crippen LogP contribution in [-0.2, 0) is 24.9 Å². The average molecular weight is 553 g/mol. The lowest BCUT2D eigenvalue weighted by Gasteiger charge is -2.14. The Morgan fingerprint density at radius 3 is 1.94 bits per heavy atom. The molecule has 0 radical (unpaired) electrons. The lowest BCUT2D eigenvalue weighted by Crippen LogP contribution is -2.23. The standard InChI is InChI=1S/C18H22NO13P3/c1-12-10-13(2-5-15(12)30-33(21,22)23)4-7-18(20)19-9-8-14-3-6-16(31-34(24,25)26)17(11-14)32-35(27,28)29/h2-7,10-11H,8-9H2,1H3,(H,19,20)(H2,21,22,23)(H2,24,25,26)(H2,27,28,29)/b7-4+. The van der Waals surface area contributed by atoms with Crippen molar-refractivity contribution in [1.82, 2.24) is 5.32 Å². The van der Waals surface area contributed by atoms with Crippen LogP contribution < -0.4 is 18.9 Å². The zero-order valence-corrected chi connectivity index (χ0v) is 20.6. The number of benzene rings is 2. The molecule has 0 aliphatic rings. The van der Waals surface area contributed by atoms with Gasteiger partial charge in [-0.3, -0.25) is 34.2 Å². The van der Waals surface area contributed by atoms with Gasteiger partial charge in [-0.2, -0.15) is 0 Å². The first-order valence-electron chi connectivity index (χ1n) is 9.46. The summed E-state index contributed by atoms with van der Waals surface area (Å²) < 4.78 is 46.4. The Morgan fingerprint density at radius 1 is 0.829 bits per heavy atom. The van der Waals surface area contributed by atoms with Gasteiger partial charge in [0.2, 0.25) is 5.91 Å². The summed E-state index contributed by atoms with van der Waals surface area (Å²) in [5.74, 6) is -1.65. The van der Waals surface area contributed by atoms with Crippen LogP contribution in [0.4, 0.5) is 0 Å². The Bertz CT molecular complexity index is 1240. The van der Waals surface area contributed by atoms with Crippen LogP contribution in [0.25, 0.3) is 6.08 Å². The van der Waals surface area contributed by atoms with Crippen LogP contribution in [0, 0.1) is 6.92 Å². The number of carbonyl (C=O) groups is 1. The molecule has 0 spiro atoms. The molecule has 0 aliphatic heterocycles. The summed E-state index contributed by atoms with van der Waals surface area (Å²) in [6, 6.07) is 7.93. The van der Waals surface area contributed by atoms with Gasteiger partial charge in [-0.25, -0.2) is 13.7 Å². The summed E-state index contributed by atoms with van der Waals surface area (Å²) in [5, 5.41) is 2.58. The number of carbonyl (C=O) groups excluding carboxylic acids is 1. The van der Waals surface area contributed by atoms with E-state index >= 15 is 0 Å². The van der Waals surface area contributed by atoms with Crippen LogP contribution in [0.5, 0.6) is 17.2 Å². The molecule has 17 heteroatoms. The van der Waals surface area contributed by atoms with E-state index < -0.39 is 40.9 Å². The van der Waals surface area contributed by atoms with Crippen LogP contribution in [0.2, 0.25) is 0 Å². The minimum absolute atomic E-state index is 0.000698. The van der Waals surface area contributed by atoms with Gasteiger partial charge in [0.05, 0.1) is 0 Å². The minimum atomic E-state index is -5.06. The first-order chi connectivity index (χ1) is 16.0. The summed E-state index contributed by atoms with van der Waals surface area (Å²) in [6.07, 6.45) is 2.85. The highest BCUT2D eigenvalue weighted by atomic mass is 31.2. The second-order valence-corrected chi connectivity index (χ2v) is 10.4. The first kappa shape index (κ1) is 28.7. The highest BCUT2D eigenvalue weighted by Crippen LogP contribution is 2.47. The van der Waals surface area contributed by atoms with Gasteiger partial charge in [0.1, 0.15) is 5.75 Å². The largest absolute Gasteiger partial charge is 0.524 e. The number of aryl methyl sites for hydroxylation is 1. The van der Waals surface area contributed by atoms with Crippen molar-refractivity contribution >= 4 is 35.5 Å². The van der Waals surface area contributed by atoms with Crippen molar-refractivity contribution in [3.63, 3.8) is 0 Å². The van der Waals surface area contributed by atoms with Gasteiger partial charge in [-0.15, -0.1) is 0 Å². The second-order valence-electron chi connectivity index (χ2n) is 6.93. The van der Waals surface area contributed by atoms with Gasteiger partial charge in [-0.1, -0.05) is 12.1 Å². The molecule has 2 aromatic rings. The van der Waals surface area contributed by atoms with E-state index in [9.17, 15) is 18.5 Å². The molecule has 14 nitrogen and oxygen atoms in total. The number of phosphoric ester groups is 3. The van der Waals surface area contributed by atoms with E-state index in [2.05, 4.69) is 18.9 Å². The minimum Gasteiger partial charge on any atom is -0.404 e. The summed E-state index contributed by atoms with van der Waals surface area (Å²) in [5.41, 5.74) is 1.41. The molecular formula is C18H22NO13P3.